The van der Waals surface area contributed by atoms with Gasteiger partial charge in [-0.2, -0.15) is 0 Å². The van der Waals surface area contributed by atoms with Crippen LogP contribution in [0.25, 0.3) is 0 Å². The lowest BCUT2D eigenvalue weighted by Crippen LogP contribution is -2.63. The summed E-state index contributed by atoms with van der Waals surface area (Å²) in [5.41, 5.74) is -0.398. The maximum atomic E-state index is 10.3. The first-order chi connectivity index (χ1) is 7.45. The van der Waals surface area contributed by atoms with E-state index >= 15 is 0 Å². The summed E-state index contributed by atoms with van der Waals surface area (Å²) in [6.45, 7) is 3.71. The van der Waals surface area contributed by atoms with Crippen molar-refractivity contribution < 1.29 is 24.5 Å². The highest BCUT2D eigenvalue weighted by Crippen LogP contribution is 2.24. The van der Waals surface area contributed by atoms with E-state index in [9.17, 15) is 9.90 Å². The van der Waals surface area contributed by atoms with Gasteiger partial charge in [-0.1, -0.05) is 0 Å². The molecular formula is C10H19NO5. The number of nitrogens with zero attached hydrogens (tertiary/aromatic N) is 1. The van der Waals surface area contributed by atoms with Gasteiger partial charge >= 0.3 is 5.97 Å². The average Bonchev–Trinajstić information content (AvgIpc) is 2.12. The molecule has 1 aliphatic heterocycles. The predicted octanol–water partition coefficient (Wildman–Crippen LogP) is -0.831. The number of carbonyl (C=O) groups is 1. The van der Waals surface area contributed by atoms with E-state index < -0.39 is 17.7 Å². The molecule has 1 heterocycles. The normalized spacial score (nSPS) is 21.4. The lowest BCUT2D eigenvalue weighted by Gasteiger charge is -2.47. The summed E-state index contributed by atoms with van der Waals surface area (Å²) in [6, 6.07) is 0. The molecule has 0 aromatic carbocycles. The topological polar surface area (TPSA) is 79.2 Å². The molecule has 1 fully saturated rings. The van der Waals surface area contributed by atoms with Crippen LogP contribution in [0, 0.1) is 0 Å². The first-order valence-electron chi connectivity index (χ1n) is 5.20. The van der Waals surface area contributed by atoms with Crippen molar-refractivity contribution in [1.82, 2.24) is 4.90 Å². The van der Waals surface area contributed by atoms with Gasteiger partial charge in [0.25, 0.3) is 0 Å². The highest BCUT2D eigenvalue weighted by Gasteiger charge is 2.40. The Morgan fingerprint density at radius 3 is 2.69 bits per heavy atom. The number of carboxylic acids is 1. The summed E-state index contributed by atoms with van der Waals surface area (Å²) < 4.78 is 10.1. The van der Waals surface area contributed by atoms with Gasteiger partial charge in [0, 0.05) is 26.7 Å². The smallest absolute Gasteiger partial charge is 0.329 e. The summed E-state index contributed by atoms with van der Waals surface area (Å²) >= 11 is 0. The molecule has 1 atom stereocenters. The van der Waals surface area contributed by atoms with E-state index in [0.29, 0.717) is 26.2 Å². The molecule has 0 aliphatic carbocycles. The molecule has 0 aromatic heterocycles. The molecule has 94 valence electrons. The first-order valence-corrected chi connectivity index (χ1v) is 5.20. The second-order valence-electron chi connectivity index (χ2n) is 4.41. The predicted molar refractivity (Wildman–Crippen MR) is 56.3 cm³/mol. The number of carboxylic acid groups (broad SMARTS) is 1. The molecule has 0 amide bonds. The van der Waals surface area contributed by atoms with E-state index in [2.05, 4.69) is 0 Å². The van der Waals surface area contributed by atoms with Crippen LogP contribution in [0.3, 0.4) is 0 Å². The van der Waals surface area contributed by atoms with Crippen molar-refractivity contribution >= 4 is 5.97 Å². The van der Waals surface area contributed by atoms with Crippen LogP contribution in [-0.4, -0.2) is 72.7 Å². The number of aliphatic hydroxyl groups excluding tert-OH is 1. The van der Waals surface area contributed by atoms with Gasteiger partial charge in [0.2, 0.25) is 0 Å². The van der Waals surface area contributed by atoms with Gasteiger partial charge in [0.15, 0.2) is 0 Å². The van der Waals surface area contributed by atoms with E-state index in [1.54, 1.807) is 7.11 Å². The number of aliphatic hydroxyl groups is 1. The van der Waals surface area contributed by atoms with Gasteiger partial charge in [-0.3, -0.25) is 4.90 Å². The standard InChI is InChI=1S/C10H19NO5/c1-10(16-5-9(13)14)6-11(7-10)3-8(12)4-15-2/h8,12H,3-7H2,1-2H3,(H,13,14). The molecule has 1 rings (SSSR count). The van der Waals surface area contributed by atoms with E-state index in [1.165, 1.54) is 0 Å². The van der Waals surface area contributed by atoms with Gasteiger partial charge in [0.05, 0.1) is 18.3 Å². The van der Waals surface area contributed by atoms with Crippen LogP contribution < -0.4 is 0 Å². The van der Waals surface area contributed by atoms with E-state index in [-0.39, 0.29) is 6.61 Å². The number of hydrogen-bond donors (Lipinski definition) is 2. The Kier molecular flexibility index (Phi) is 4.67. The Bertz CT molecular complexity index is 239. The fraction of sp³-hybridized carbons (Fsp3) is 0.900. The fourth-order valence-electron chi connectivity index (χ4n) is 1.90. The zero-order valence-electron chi connectivity index (χ0n) is 9.68. The van der Waals surface area contributed by atoms with Crippen molar-refractivity contribution in [1.29, 1.82) is 0 Å². The summed E-state index contributed by atoms with van der Waals surface area (Å²) in [5, 5.41) is 18.0. The Hall–Kier alpha value is -0.690. The lowest BCUT2D eigenvalue weighted by atomic mass is 9.96. The molecule has 0 aromatic rings. The number of likely N-dealkylation sites (tertiary alicyclic amines) is 1. The third kappa shape index (κ3) is 4.05. The zero-order valence-corrected chi connectivity index (χ0v) is 9.68. The molecule has 1 saturated heterocycles. The molecule has 0 bridgehead atoms. The van der Waals surface area contributed by atoms with E-state index in [0.717, 1.165) is 0 Å². The number of β-amino-alcohol motifs (C(OH)–C–C–N with tert-alkyl or cyclic N) is 1. The van der Waals surface area contributed by atoms with Crippen LogP contribution >= 0.6 is 0 Å². The Labute approximate surface area is 94.8 Å². The average molecular weight is 233 g/mol. The summed E-state index contributed by atoms with van der Waals surface area (Å²) in [5.74, 6) is -0.959. The van der Waals surface area contributed by atoms with Crippen LogP contribution in [0.15, 0.2) is 0 Å². The third-order valence-corrected chi connectivity index (χ3v) is 2.49. The highest BCUT2D eigenvalue weighted by atomic mass is 16.5. The largest absolute Gasteiger partial charge is 0.480 e. The molecule has 16 heavy (non-hydrogen) atoms. The fourth-order valence-corrected chi connectivity index (χ4v) is 1.90. The lowest BCUT2D eigenvalue weighted by molar-refractivity contribution is -0.167. The van der Waals surface area contributed by atoms with Crippen LogP contribution in [0.4, 0.5) is 0 Å². The minimum atomic E-state index is -0.959. The zero-order chi connectivity index (χ0) is 12.2. The van der Waals surface area contributed by atoms with Crippen molar-refractivity contribution in [3.05, 3.63) is 0 Å². The van der Waals surface area contributed by atoms with Crippen LogP contribution in [0.1, 0.15) is 6.92 Å². The summed E-state index contributed by atoms with van der Waals surface area (Å²) in [4.78, 5) is 12.3. The van der Waals surface area contributed by atoms with Gasteiger partial charge < -0.3 is 19.7 Å². The van der Waals surface area contributed by atoms with E-state index in [4.69, 9.17) is 14.6 Å². The number of rotatable bonds is 7. The van der Waals surface area contributed by atoms with Crippen molar-refractivity contribution in [2.45, 2.75) is 18.6 Å². The second-order valence-corrected chi connectivity index (χ2v) is 4.41. The molecule has 6 heteroatoms. The number of ether oxygens (including phenoxy) is 2. The monoisotopic (exact) mass is 233 g/mol. The van der Waals surface area contributed by atoms with Crippen LogP contribution in [0.5, 0.6) is 0 Å². The minimum absolute atomic E-state index is 0.273. The molecule has 6 nitrogen and oxygen atoms in total. The molecular weight excluding hydrogens is 214 g/mol. The van der Waals surface area contributed by atoms with Crippen molar-refractivity contribution in [2.24, 2.45) is 0 Å². The molecule has 0 saturated carbocycles. The maximum Gasteiger partial charge on any atom is 0.329 e. The third-order valence-electron chi connectivity index (χ3n) is 2.49. The molecule has 0 radical (unpaired) electrons. The SMILES string of the molecule is COCC(O)CN1CC(C)(OCC(=O)O)C1. The number of methoxy groups -OCH3 is 1. The summed E-state index contributed by atoms with van der Waals surface area (Å²) in [7, 11) is 1.54. The molecule has 1 aliphatic rings. The number of hydrogen-bond acceptors (Lipinski definition) is 5. The van der Waals surface area contributed by atoms with Gasteiger partial charge in [-0.05, 0) is 6.92 Å². The maximum absolute atomic E-state index is 10.3. The van der Waals surface area contributed by atoms with Crippen molar-refractivity contribution in [2.75, 3.05) is 40.0 Å². The van der Waals surface area contributed by atoms with Gasteiger partial charge in [0.1, 0.15) is 6.61 Å². The summed E-state index contributed by atoms with van der Waals surface area (Å²) in [6.07, 6.45) is -0.506. The van der Waals surface area contributed by atoms with Crippen molar-refractivity contribution in [3.8, 4) is 0 Å². The first kappa shape index (κ1) is 13.4. The van der Waals surface area contributed by atoms with Crippen LogP contribution in [-0.2, 0) is 14.3 Å². The van der Waals surface area contributed by atoms with E-state index in [1.807, 2.05) is 11.8 Å². The minimum Gasteiger partial charge on any atom is -0.480 e. The Morgan fingerprint density at radius 1 is 1.56 bits per heavy atom. The second kappa shape index (κ2) is 5.58. The van der Waals surface area contributed by atoms with Gasteiger partial charge in [-0.15, -0.1) is 0 Å². The van der Waals surface area contributed by atoms with Crippen molar-refractivity contribution in [3.63, 3.8) is 0 Å². The molecule has 2 N–H and O–H groups in total. The number of aliphatic carboxylic acids is 1. The van der Waals surface area contributed by atoms with Crippen LogP contribution in [0.2, 0.25) is 0 Å². The molecule has 0 spiro atoms. The molecule has 1 unspecified atom stereocenters. The Balaban J connectivity index is 2.17. The Morgan fingerprint density at radius 2 is 2.19 bits per heavy atom. The highest BCUT2D eigenvalue weighted by molar-refractivity contribution is 5.68. The van der Waals surface area contributed by atoms with Gasteiger partial charge in [-0.25, -0.2) is 4.79 Å². The quantitative estimate of drug-likeness (QED) is 0.597.